The Hall–Kier alpha value is -3.09. The Morgan fingerprint density at radius 1 is 0.808 bits per heavy atom. The highest BCUT2D eigenvalue weighted by Crippen LogP contribution is 2.29. The number of hydrogen-bond acceptors (Lipinski definition) is 5. The van der Waals surface area contributed by atoms with Gasteiger partial charge >= 0.3 is 0 Å². The van der Waals surface area contributed by atoms with Crippen LogP contribution >= 0.6 is 0 Å². The quantitative estimate of drug-likeness (QED) is 0.527. The Bertz CT molecular complexity index is 1030. The molecule has 4 aromatic heterocycles. The van der Waals surface area contributed by atoms with Gasteiger partial charge in [0.15, 0.2) is 5.78 Å². The standard InChI is InChI=1S/C19H20N6O/c1-11(2)24-7-15(13-5-20-9-22-18(13)24)17(26)16-8-25(12(3)4)19-14(16)6-21-10-23-19/h5-12H,1-4H3. The van der Waals surface area contributed by atoms with Crippen LogP contribution in [0.4, 0.5) is 0 Å². The molecule has 26 heavy (non-hydrogen) atoms. The topological polar surface area (TPSA) is 78.5 Å². The fourth-order valence-corrected chi connectivity index (χ4v) is 3.27. The number of nitrogens with zero attached hydrogens (tertiary/aromatic N) is 6. The average molecular weight is 348 g/mol. The Balaban J connectivity index is 1.95. The van der Waals surface area contributed by atoms with E-state index in [1.165, 1.54) is 12.7 Å². The molecule has 132 valence electrons. The molecule has 7 nitrogen and oxygen atoms in total. The Morgan fingerprint density at radius 3 is 1.62 bits per heavy atom. The first kappa shape index (κ1) is 16.4. The molecule has 0 fully saturated rings. The number of aromatic nitrogens is 6. The molecule has 0 aliphatic carbocycles. The van der Waals surface area contributed by atoms with Crippen LogP contribution in [0.25, 0.3) is 22.1 Å². The van der Waals surface area contributed by atoms with E-state index in [0.29, 0.717) is 11.1 Å². The van der Waals surface area contributed by atoms with Crippen LogP contribution in [-0.4, -0.2) is 34.9 Å². The SMILES string of the molecule is CC(C)n1cc(C(=O)c2cn(C(C)C)c3ncncc23)c2cncnc21. The lowest BCUT2D eigenvalue weighted by Gasteiger charge is -2.07. The molecule has 0 radical (unpaired) electrons. The second kappa shape index (κ2) is 6.01. The van der Waals surface area contributed by atoms with E-state index in [9.17, 15) is 4.79 Å². The van der Waals surface area contributed by atoms with Crippen LogP contribution in [0.1, 0.15) is 55.7 Å². The highest BCUT2D eigenvalue weighted by atomic mass is 16.1. The molecule has 0 N–H and O–H groups in total. The van der Waals surface area contributed by atoms with Gasteiger partial charge in [-0.25, -0.2) is 19.9 Å². The van der Waals surface area contributed by atoms with E-state index in [1.54, 1.807) is 12.4 Å². The molecular weight excluding hydrogens is 328 g/mol. The maximum Gasteiger partial charge on any atom is 0.197 e. The van der Waals surface area contributed by atoms with Gasteiger partial charge in [-0.1, -0.05) is 0 Å². The largest absolute Gasteiger partial charge is 0.329 e. The fourth-order valence-electron chi connectivity index (χ4n) is 3.27. The van der Waals surface area contributed by atoms with Crippen LogP contribution in [0.3, 0.4) is 0 Å². The summed E-state index contributed by atoms with van der Waals surface area (Å²) in [5.41, 5.74) is 2.73. The number of carbonyl (C=O) groups excluding carboxylic acids is 1. The third-order valence-corrected chi connectivity index (χ3v) is 4.59. The first-order valence-electron chi connectivity index (χ1n) is 8.64. The second-order valence-electron chi connectivity index (χ2n) is 6.94. The fraction of sp³-hybridized carbons (Fsp3) is 0.316. The molecule has 0 spiro atoms. The van der Waals surface area contributed by atoms with Gasteiger partial charge in [-0.2, -0.15) is 0 Å². The van der Waals surface area contributed by atoms with Gasteiger partial charge in [0.25, 0.3) is 0 Å². The van der Waals surface area contributed by atoms with Crippen molar-refractivity contribution in [2.24, 2.45) is 0 Å². The van der Waals surface area contributed by atoms with Crippen molar-refractivity contribution in [3.05, 3.63) is 48.6 Å². The zero-order chi connectivity index (χ0) is 18.4. The van der Waals surface area contributed by atoms with Crippen LogP contribution in [0.2, 0.25) is 0 Å². The van der Waals surface area contributed by atoms with E-state index >= 15 is 0 Å². The van der Waals surface area contributed by atoms with Gasteiger partial charge in [0, 0.05) is 47.6 Å². The van der Waals surface area contributed by atoms with Gasteiger partial charge in [-0.15, -0.1) is 0 Å². The van der Waals surface area contributed by atoms with Crippen LogP contribution in [0.15, 0.2) is 37.4 Å². The van der Waals surface area contributed by atoms with Crippen molar-refractivity contribution in [1.29, 1.82) is 0 Å². The predicted octanol–water partition coefficient (Wildman–Crippen LogP) is 3.57. The molecule has 0 unspecified atom stereocenters. The molecule has 0 aliphatic rings. The molecular formula is C19H20N6O. The van der Waals surface area contributed by atoms with Crippen molar-refractivity contribution >= 4 is 27.9 Å². The summed E-state index contributed by atoms with van der Waals surface area (Å²) in [5.74, 6) is -0.0663. The molecule has 4 rings (SSSR count). The van der Waals surface area contributed by atoms with Crippen LogP contribution in [0, 0.1) is 0 Å². The van der Waals surface area contributed by atoms with E-state index in [4.69, 9.17) is 0 Å². The Kier molecular flexibility index (Phi) is 3.79. The van der Waals surface area contributed by atoms with E-state index in [2.05, 4.69) is 47.6 Å². The minimum absolute atomic E-state index is 0.0663. The van der Waals surface area contributed by atoms with Crippen molar-refractivity contribution in [2.45, 2.75) is 39.8 Å². The smallest absolute Gasteiger partial charge is 0.197 e. The first-order valence-corrected chi connectivity index (χ1v) is 8.64. The first-order chi connectivity index (χ1) is 12.5. The van der Waals surface area contributed by atoms with Crippen molar-refractivity contribution in [3.63, 3.8) is 0 Å². The van der Waals surface area contributed by atoms with Crippen LogP contribution in [0.5, 0.6) is 0 Å². The summed E-state index contributed by atoms with van der Waals surface area (Å²) in [6.45, 7) is 8.26. The molecule has 4 heterocycles. The van der Waals surface area contributed by atoms with E-state index in [1.807, 2.05) is 21.5 Å². The normalized spacial score (nSPS) is 11.9. The lowest BCUT2D eigenvalue weighted by Crippen LogP contribution is -2.02. The lowest BCUT2D eigenvalue weighted by molar-refractivity contribution is 0.104. The van der Waals surface area contributed by atoms with Gasteiger partial charge in [0.05, 0.1) is 11.1 Å². The van der Waals surface area contributed by atoms with Gasteiger partial charge < -0.3 is 9.13 Å². The zero-order valence-corrected chi connectivity index (χ0v) is 15.2. The molecule has 0 aliphatic heterocycles. The minimum atomic E-state index is -0.0663. The molecule has 7 heteroatoms. The molecule has 0 saturated heterocycles. The maximum atomic E-state index is 13.4. The number of fused-ring (bicyclic) bond motifs is 2. The van der Waals surface area contributed by atoms with Crippen molar-refractivity contribution in [1.82, 2.24) is 29.1 Å². The van der Waals surface area contributed by atoms with Crippen molar-refractivity contribution < 1.29 is 4.79 Å². The van der Waals surface area contributed by atoms with Crippen molar-refractivity contribution in [3.8, 4) is 0 Å². The Labute approximate surface area is 150 Å². The van der Waals surface area contributed by atoms with Gasteiger partial charge in [0.2, 0.25) is 0 Å². The number of ketones is 1. The molecule has 0 aromatic carbocycles. The molecule has 0 atom stereocenters. The maximum absolute atomic E-state index is 13.4. The van der Waals surface area contributed by atoms with Crippen LogP contribution < -0.4 is 0 Å². The highest BCUT2D eigenvalue weighted by Gasteiger charge is 2.23. The molecule has 0 amide bonds. The van der Waals surface area contributed by atoms with Crippen molar-refractivity contribution in [2.75, 3.05) is 0 Å². The predicted molar refractivity (Wildman–Crippen MR) is 99.3 cm³/mol. The summed E-state index contributed by atoms with van der Waals surface area (Å²) in [6, 6.07) is 0.378. The lowest BCUT2D eigenvalue weighted by atomic mass is 10.1. The zero-order valence-electron chi connectivity index (χ0n) is 15.2. The third kappa shape index (κ3) is 2.39. The third-order valence-electron chi connectivity index (χ3n) is 4.59. The summed E-state index contributed by atoms with van der Waals surface area (Å²) in [5, 5.41) is 1.52. The van der Waals surface area contributed by atoms with E-state index in [-0.39, 0.29) is 17.9 Å². The summed E-state index contributed by atoms with van der Waals surface area (Å²) in [4.78, 5) is 30.4. The highest BCUT2D eigenvalue weighted by molar-refractivity contribution is 6.20. The summed E-state index contributed by atoms with van der Waals surface area (Å²) >= 11 is 0. The summed E-state index contributed by atoms with van der Waals surface area (Å²) in [7, 11) is 0. The number of rotatable bonds is 4. The molecule has 0 bridgehead atoms. The monoisotopic (exact) mass is 348 g/mol. The number of carbonyl (C=O) groups is 1. The molecule has 4 aromatic rings. The summed E-state index contributed by atoms with van der Waals surface area (Å²) in [6.07, 6.45) is 10.2. The second-order valence-corrected chi connectivity index (χ2v) is 6.94. The van der Waals surface area contributed by atoms with E-state index in [0.717, 1.165) is 22.1 Å². The summed E-state index contributed by atoms with van der Waals surface area (Å²) < 4.78 is 4.00. The van der Waals surface area contributed by atoms with Gasteiger partial charge in [-0.05, 0) is 27.7 Å². The average Bonchev–Trinajstić information content (AvgIpc) is 3.20. The molecule has 0 saturated carbocycles. The van der Waals surface area contributed by atoms with E-state index < -0.39 is 0 Å². The van der Waals surface area contributed by atoms with Crippen LogP contribution in [-0.2, 0) is 0 Å². The number of hydrogen-bond donors (Lipinski definition) is 0. The van der Waals surface area contributed by atoms with Gasteiger partial charge in [-0.3, -0.25) is 4.79 Å². The Morgan fingerprint density at radius 2 is 1.23 bits per heavy atom. The van der Waals surface area contributed by atoms with Gasteiger partial charge in [0.1, 0.15) is 23.9 Å². The minimum Gasteiger partial charge on any atom is -0.329 e.